The quantitative estimate of drug-likeness (QED) is 0.264. The Balaban J connectivity index is 1.51. The van der Waals surface area contributed by atoms with Gasteiger partial charge in [0.25, 0.3) is 0 Å². The van der Waals surface area contributed by atoms with Crippen LogP contribution in [0.1, 0.15) is 29.7 Å². The van der Waals surface area contributed by atoms with E-state index in [1.165, 1.54) is 6.21 Å². The molecular formula is C24H21BrClN3O3. The summed E-state index contributed by atoms with van der Waals surface area (Å²) in [5.41, 5.74) is 4.73. The van der Waals surface area contributed by atoms with Gasteiger partial charge < -0.3 is 10.1 Å². The average molecular weight is 515 g/mol. The van der Waals surface area contributed by atoms with Crippen LogP contribution in [0.3, 0.4) is 0 Å². The molecule has 0 saturated heterocycles. The van der Waals surface area contributed by atoms with E-state index in [1.807, 2.05) is 54.6 Å². The van der Waals surface area contributed by atoms with Gasteiger partial charge in [0.05, 0.1) is 16.7 Å². The first-order valence-electron chi connectivity index (χ1n) is 9.78. The third kappa shape index (κ3) is 6.67. The van der Waals surface area contributed by atoms with Crippen molar-refractivity contribution >= 4 is 45.6 Å². The lowest BCUT2D eigenvalue weighted by atomic mass is 10.1. The Bertz CT molecular complexity index is 1120. The minimum atomic E-state index is -0.845. The second-order valence-corrected chi connectivity index (χ2v) is 8.14. The fourth-order valence-corrected chi connectivity index (χ4v) is 3.49. The monoisotopic (exact) mass is 513 g/mol. The largest absolute Gasteiger partial charge is 0.488 e. The van der Waals surface area contributed by atoms with Crippen LogP contribution < -0.4 is 15.5 Å². The summed E-state index contributed by atoms with van der Waals surface area (Å²) in [5, 5.41) is 7.13. The molecule has 0 fully saturated rings. The maximum absolute atomic E-state index is 12.1. The van der Waals surface area contributed by atoms with Gasteiger partial charge in [-0.15, -0.1) is 0 Å². The Morgan fingerprint density at radius 1 is 1.06 bits per heavy atom. The molecule has 2 amide bonds. The van der Waals surface area contributed by atoms with E-state index in [0.29, 0.717) is 27.4 Å². The van der Waals surface area contributed by atoms with Crippen molar-refractivity contribution in [2.45, 2.75) is 19.6 Å². The van der Waals surface area contributed by atoms with Crippen molar-refractivity contribution in [3.63, 3.8) is 0 Å². The van der Waals surface area contributed by atoms with E-state index in [2.05, 4.69) is 31.8 Å². The van der Waals surface area contributed by atoms with Crippen molar-refractivity contribution in [3.05, 3.63) is 99.0 Å². The van der Waals surface area contributed by atoms with Crippen LogP contribution in [0.2, 0.25) is 5.02 Å². The number of benzene rings is 3. The Labute approximate surface area is 199 Å². The van der Waals surface area contributed by atoms with Crippen LogP contribution in [0.4, 0.5) is 0 Å². The number of hydrazone groups is 1. The van der Waals surface area contributed by atoms with Gasteiger partial charge in [-0.1, -0.05) is 60.1 Å². The van der Waals surface area contributed by atoms with Gasteiger partial charge in [0.15, 0.2) is 0 Å². The second kappa shape index (κ2) is 11.5. The van der Waals surface area contributed by atoms with Gasteiger partial charge in [0.2, 0.25) is 0 Å². The predicted octanol–water partition coefficient (Wildman–Crippen LogP) is 5.01. The number of carbonyl (C=O) groups excluding carboxylic acids is 2. The molecule has 3 aromatic rings. The number of nitrogens with zero attached hydrogens (tertiary/aromatic N) is 1. The Hall–Kier alpha value is -3.16. The van der Waals surface area contributed by atoms with Crippen molar-refractivity contribution in [3.8, 4) is 5.75 Å². The van der Waals surface area contributed by atoms with Gasteiger partial charge in [-0.05, 0) is 58.2 Å². The van der Waals surface area contributed by atoms with Crippen LogP contribution in [0.25, 0.3) is 0 Å². The van der Waals surface area contributed by atoms with Crippen LogP contribution >= 0.6 is 27.5 Å². The standard InChI is InChI=1S/C24H21BrClN3O3/c1-16(18-7-3-2-4-8-18)28-23(30)24(31)29-27-14-17-11-12-22(20(25)13-17)32-15-19-9-5-6-10-21(19)26/h2-14,16H,15H2,1H3,(H,28,30)(H,29,31)/b27-14-/t16-/m1/s1. The summed E-state index contributed by atoms with van der Waals surface area (Å²) in [5.74, 6) is -0.967. The van der Waals surface area contributed by atoms with Crippen molar-refractivity contribution in [2.75, 3.05) is 0 Å². The maximum Gasteiger partial charge on any atom is 0.329 e. The second-order valence-electron chi connectivity index (χ2n) is 6.87. The first kappa shape index (κ1) is 23.5. The summed E-state index contributed by atoms with van der Waals surface area (Å²) in [6.07, 6.45) is 1.44. The van der Waals surface area contributed by atoms with Crippen LogP contribution in [-0.2, 0) is 16.2 Å². The zero-order chi connectivity index (χ0) is 22.9. The van der Waals surface area contributed by atoms with E-state index >= 15 is 0 Å². The van der Waals surface area contributed by atoms with Crippen molar-refractivity contribution in [2.24, 2.45) is 5.10 Å². The predicted molar refractivity (Wildman–Crippen MR) is 129 cm³/mol. The van der Waals surface area contributed by atoms with Gasteiger partial charge in [-0.3, -0.25) is 9.59 Å². The molecule has 0 spiro atoms. The smallest absolute Gasteiger partial charge is 0.329 e. The molecular weight excluding hydrogens is 494 g/mol. The summed E-state index contributed by atoms with van der Waals surface area (Å²) >= 11 is 9.61. The molecule has 0 heterocycles. The lowest BCUT2D eigenvalue weighted by molar-refractivity contribution is -0.139. The lowest BCUT2D eigenvalue weighted by Crippen LogP contribution is -2.39. The minimum Gasteiger partial charge on any atom is -0.488 e. The highest BCUT2D eigenvalue weighted by Crippen LogP contribution is 2.27. The molecule has 0 aliphatic heterocycles. The maximum atomic E-state index is 12.1. The molecule has 0 saturated carbocycles. The number of hydrogen-bond donors (Lipinski definition) is 2. The molecule has 6 nitrogen and oxygen atoms in total. The number of hydrogen-bond acceptors (Lipinski definition) is 4. The van der Waals surface area contributed by atoms with Crippen LogP contribution in [-0.4, -0.2) is 18.0 Å². The van der Waals surface area contributed by atoms with E-state index in [-0.39, 0.29) is 6.04 Å². The van der Waals surface area contributed by atoms with Gasteiger partial charge >= 0.3 is 11.8 Å². The summed E-state index contributed by atoms with van der Waals surface area (Å²) < 4.78 is 6.52. The highest BCUT2D eigenvalue weighted by atomic mass is 79.9. The van der Waals surface area contributed by atoms with Crippen LogP contribution in [0.15, 0.2) is 82.4 Å². The molecule has 0 aromatic heterocycles. The van der Waals surface area contributed by atoms with E-state index in [1.54, 1.807) is 25.1 Å². The number of ether oxygens (including phenoxy) is 1. The number of amides is 2. The molecule has 164 valence electrons. The zero-order valence-electron chi connectivity index (χ0n) is 17.2. The SMILES string of the molecule is C[C@@H](NC(=O)C(=O)N/N=C\c1ccc(OCc2ccccc2Cl)c(Br)c1)c1ccccc1. The number of nitrogens with one attached hydrogen (secondary N) is 2. The molecule has 0 radical (unpaired) electrons. The normalized spacial score (nSPS) is 11.7. The molecule has 3 aromatic carbocycles. The molecule has 0 unspecified atom stereocenters. The Morgan fingerprint density at radius 3 is 2.50 bits per heavy atom. The van der Waals surface area contributed by atoms with Gasteiger partial charge in [-0.25, -0.2) is 5.43 Å². The van der Waals surface area contributed by atoms with E-state index in [4.69, 9.17) is 16.3 Å². The number of carbonyl (C=O) groups is 2. The average Bonchev–Trinajstić information content (AvgIpc) is 2.80. The van der Waals surface area contributed by atoms with Crippen LogP contribution in [0, 0.1) is 0 Å². The van der Waals surface area contributed by atoms with Gasteiger partial charge in [0, 0.05) is 10.6 Å². The van der Waals surface area contributed by atoms with E-state index in [9.17, 15) is 9.59 Å². The Morgan fingerprint density at radius 2 is 1.78 bits per heavy atom. The molecule has 0 bridgehead atoms. The molecule has 0 aliphatic carbocycles. The molecule has 1 atom stereocenters. The summed E-state index contributed by atoms with van der Waals surface area (Å²) in [6.45, 7) is 2.13. The Kier molecular flexibility index (Phi) is 8.41. The third-order valence-electron chi connectivity index (χ3n) is 4.53. The zero-order valence-corrected chi connectivity index (χ0v) is 19.6. The summed E-state index contributed by atoms with van der Waals surface area (Å²) in [6, 6.07) is 21.9. The fraction of sp³-hybridized carbons (Fsp3) is 0.125. The summed E-state index contributed by atoms with van der Waals surface area (Å²) in [4.78, 5) is 24.0. The lowest BCUT2D eigenvalue weighted by Gasteiger charge is -2.13. The highest BCUT2D eigenvalue weighted by molar-refractivity contribution is 9.10. The molecule has 0 aliphatic rings. The first-order chi connectivity index (χ1) is 15.4. The molecule has 2 N–H and O–H groups in total. The highest BCUT2D eigenvalue weighted by Gasteiger charge is 2.16. The van der Waals surface area contributed by atoms with Gasteiger partial charge in [-0.2, -0.15) is 5.10 Å². The van der Waals surface area contributed by atoms with Crippen LogP contribution in [0.5, 0.6) is 5.75 Å². The van der Waals surface area contributed by atoms with Crippen molar-refractivity contribution in [1.29, 1.82) is 0 Å². The van der Waals surface area contributed by atoms with E-state index in [0.717, 1.165) is 11.1 Å². The van der Waals surface area contributed by atoms with Crippen molar-refractivity contribution in [1.82, 2.24) is 10.7 Å². The molecule has 3 rings (SSSR count). The number of rotatable bonds is 7. The van der Waals surface area contributed by atoms with E-state index < -0.39 is 11.8 Å². The fourth-order valence-electron chi connectivity index (χ4n) is 2.79. The van der Waals surface area contributed by atoms with Gasteiger partial charge in [0.1, 0.15) is 12.4 Å². The van der Waals surface area contributed by atoms with Crippen molar-refractivity contribution < 1.29 is 14.3 Å². The topological polar surface area (TPSA) is 79.8 Å². The molecule has 8 heteroatoms. The first-order valence-corrected chi connectivity index (χ1v) is 11.0. The minimum absolute atomic E-state index is 0.298. The number of halogens is 2. The summed E-state index contributed by atoms with van der Waals surface area (Å²) in [7, 11) is 0. The molecule has 32 heavy (non-hydrogen) atoms. The third-order valence-corrected chi connectivity index (χ3v) is 5.52.